The second-order valence-electron chi connectivity index (χ2n) is 6.87. The molecule has 3 heterocycles. The molecule has 1 N–H and O–H groups in total. The van der Waals surface area contributed by atoms with Crippen molar-refractivity contribution in [2.24, 2.45) is 5.92 Å². The molecular formula is C18H23N5O4S. The Bertz CT molecular complexity index is 950. The SMILES string of the molecule is Cc1nc(-c2cccnc2)ncc1C(=O)NC1COCC1CS(=O)(=O)N(C)C. The van der Waals surface area contributed by atoms with Crippen LogP contribution in [0.4, 0.5) is 0 Å². The molecule has 2 aromatic rings. The first-order valence-electron chi connectivity index (χ1n) is 8.81. The van der Waals surface area contributed by atoms with E-state index in [0.29, 0.717) is 17.1 Å². The fourth-order valence-electron chi connectivity index (χ4n) is 2.91. The average molecular weight is 405 g/mol. The van der Waals surface area contributed by atoms with Gasteiger partial charge in [-0.15, -0.1) is 0 Å². The van der Waals surface area contributed by atoms with E-state index < -0.39 is 10.0 Å². The van der Waals surface area contributed by atoms with Gasteiger partial charge >= 0.3 is 0 Å². The van der Waals surface area contributed by atoms with Gasteiger partial charge in [0.15, 0.2) is 5.82 Å². The number of nitrogens with one attached hydrogen (secondary N) is 1. The minimum atomic E-state index is -3.39. The summed E-state index contributed by atoms with van der Waals surface area (Å²) in [5.74, 6) is -0.257. The van der Waals surface area contributed by atoms with Gasteiger partial charge in [-0.25, -0.2) is 22.7 Å². The minimum absolute atomic E-state index is 0.0830. The molecule has 1 amide bonds. The van der Waals surface area contributed by atoms with Gasteiger partial charge < -0.3 is 10.1 Å². The van der Waals surface area contributed by atoms with Crippen LogP contribution >= 0.6 is 0 Å². The molecule has 0 saturated carbocycles. The van der Waals surface area contributed by atoms with Crippen LogP contribution in [-0.4, -0.2) is 72.7 Å². The Balaban J connectivity index is 1.72. The minimum Gasteiger partial charge on any atom is -0.379 e. The van der Waals surface area contributed by atoms with Crippen molar-refractivity contribution in [3.05, 3.63) is 42.0 Å². The zero-order valence-electron chi connectivity index (χ0n) is 16.0. The lowest BCUT2D eigenvalue weighted by molar-refractivity contribution is 0.0924. The molecule has 10 heteroatoms. The van der Waals surface area contributed by atoms with Gasteiger partial charge in [-0.2, -0.15) is 0 Å². The highest BCUT2D eigenvalue weighted by Gasteiger charge is 2.34. The van der Waals surface area contributed by atoms with Gasteiger partial charge in [-0.1, -0.05) is 0 Å². The number of aryl methyl sites for hydroxylation is 1. The van der Waals surface area contributed by atoms with E-state index in [9.17, 15) is 13.2 Å². The number of carbonyl (C=O) groups is 1. The fourth-order valence-corrected chi connectivity index (χ4v) is 4.08. The van der Waals surface area contributed by atoms with Crippen LogP contribution in [0.15, 0.2) is 30.7 Å². The number of nitrogens with zero attached hydrogens (tertiary/aromatic N) is 4. The number of pyridine rings is 1. The Hall–Kier alpha value is -2.43. The normalized spacial score (nSPS) is 19.7. The predicted molar refractivity (Wildman–Crippen MR) is 103 cm³/mol. The van der Waals surface area contributed by atoms with Crippen LogP contribution in [0.3, 0.4) is 0 Å². The molecule has 1 fully saturated rings. The highest BCUT2D eigenvalue weighted by Crippen LogP contribution is 2.19. The monoisotopic (exact) mass is 405 g/mol. The maximum Gasteiger partial charge on any atom is 0.255 e. The maximum atomic E-state index is 12.7. The smallest absolute Gasteiger partial charge is 0.255 e. The lowest BCUT2D eigenvalue weighted by Gasteiger charge is -2.21. The van der Waals surface area contributed by atoms with Crippen LogP contribution in [0.25, 0.3) is 11.4 Å². The molecule has 0 bridgehead atoms. The van der Waals surface area contributed by atoms with Crippen molar-refractivity contribution in [1.82, 2.24) is 24.6 Å². The van der Waals surface area contributed by atoms with Gasteiger partial charge in [0.05, 0.1) is 36.3 Å². The third-order valence-electron chi connectivity index (χ3n) is 4.64. The first-order valence-corrected chi connectivity index (χ1v) is 10.4. The van der Waals surface area contributed by atoms with E-state index in [4.69, 9.17) is 4.74 Å². The van der Waals surface area contributed by atoms with Crippen molar-refractivity contribution in [1.29, 1.82) is 0 Å². The molecule has 1 aliphatic heterocycles. The molecule has 1 aliphatic rings. The van der Waals surface area contributed by atoms with Crippen LogP contribution in [-0.2, 0) is 14.8 Å². The first-order chi connectivity index (χ1) is 13.3. The van der Waals surface area contributed by atoms with Gasteiger partial charge in [0.2, 0.25) is 10.0 Å². The van der Waals surface area contributed by atoms with Gasteiger partial charge in [0.1, 0.15) is 0 Å². The number of rotatable bonds is 6. The van der Waals surface area contributed by atoms with Crippen molar-refractivity contribution < 1.29 is 17.9 Å². The Kier molecular flexibility index (Phi) is 6.01. The summed E-state index contributed by atoms with van der Waals surface area (Å²) < 4.78 is 30.9. The van der Waals surface area contributed by atoms with Gasteiger partial charge in [-0.05, 0) is 19.1 Å². The van der Waals surface area contributed by atoms with E-state index in [1.54, 1.807) is 25.4 Å². The molecule has 3 rings (SSSR count). The highest BCUT2D eigenvalue weighted by molar-refractivity contribution is 7.89. The second-order valence-corrected chi connectivity index (χ2v) is 9.10. The molecule has 0 aliphatic carbocycles. The predicted octanol–water partition coefficient (Wildman–Crippen LogP) is 0.483. The number of sulfonamides is 1. The zero-order valence-corrected chi connectivity index (χ0v) is 16.8. The molecule has 9 nitrogen and oxygen atoms in total. The summed E-state index contributed by atoms with van der Waals surface area (Å²) in [6.45, 7) is 2.29. The summed E-state index contributed by atoms with van der Waals surface area (Å²) in [4.78, 5) is 25.4. The number of hydrogen-bond donors (Lipinski definition) is 1. The van der Waals surface area contributed by atoms with Crippen molar-refractivity contribution in [2.45, 2.75) is 13.0 Å². The summed E-state index contributed by atoms with van der Waals surface area (Å²) >= 11 is 0. The Morgan fingerprint density at radius 2 is 2.11 bits per heavy atom. The standard InChI is InChI=1S/C18H23N5O4S/c1-12-15(8-20-17(21-12)13-5-4-6-19-7-13)18(24)22-16-10-27-9-14(16)11-28(25,26)23(2)3/h4-8,14,16H,9-11H2,1-3H3,(H,22,24). The van der Waals surface area contributed by atoms with E-state index in [1.165, 1.54) is 24.6 Å². The third-order valence-corrected chi connectivity index (χ3v) is 6.60. The lowest BCUT2D eigenvalue weighted by atomic mass is 10.1. The van der Waals surface area contributed by atoms with Crippen LogP contribution in [0.2, 0.25) is 0 Å². The fraction of sp³-hybridized carbons (Fsp3) is 0.444. The number of ether oxygens (including phenoxy) is 1. The van der Waals surface area contributed by atoms with E-state index in [-0.39, 0.29) is 36.8 Å². The molecule has 2 atom stereocenters. The molecule has 0 aromatic carbocycles. The maximum absolute atomic E-state index is 12.7. The number of aromatic nitrogens is 3. The summed E-state index contributed by atoms with van der Waals surface area (Å²) in [6.07, 6.45) is 4.79. The summed E-state index contributed by atoms with van der Waals surface area (Å²) in [6, 6.07) is 3.24. The Labute approximate surface area is 164 Å². The first kappa shape index (κ1) is 20.3. The van der Waals surface area contributed by atoms with Crippen LogP contribution in [0.1, 0.15) is 16.1 Å². The van der Waals surface area contributed by atoms with Crippen molar-refractivity contribution in [3.63, 3.8) is 0 Å². The van der Waals surface area contributed by atoms with E-state index in [0.717, 1.165) is 5.56 Å². The molecule has 2 aromatic heterocycles. The van der Waals surface area contributed by atoms with E-state index >= 15 is 0 Å². The molecule has 150 valence electrons. The van der Waals surface area contributed by atoms with Crippen molar-refractivity contribution in [2.75, 3.05) is 33.1 Å². The molecule has 28 heavy (non-hydrogen) atoms. The molecule has 1 saturated heterocycles. The quantitative estimate of drug-likeness (QED) is 0.743. The van der Waals surface area contributed by atoms with E-state index in [2.05, 4.69) is 20.3 Å². The number of hydrogen-bond acceptors (Lipinski definition) is 7. The summed E-state index contributed by atoms with van der Waals surface area (Å²) in [5, 5.41) is 2.87. The van der Waals surface area contributed by atoms with Crippen LogP contribution < -0.4 is 5.32 Å². The zero-order chi connectivity index (χ0) is 20.3. The lowest BCUT2D eigenvalue weighted by Crippen LogP contribution is -2.43. The number of amides is 1. The Morgan fingerprint density at radius 1 is 1.32 bits per heavy atom. The van der Waals surface area contributed by atoms with Crippen molar-refractivity contribution in [3.8, 4) is 11.4 Å². The average Bonchev–Trinajstić information content (AvgIpc) is 3.08. The molecular weight excluding hydrogens is 382 g/mol. The van der Waals surface area contributed by atoms with Gasteiger partial charge in [-0.3, -0.25) is 9.78 Å². The van der Waals surface area contributed by atoms with Crippen molar-refractivity contribution >= 4 is 15.9 Å². The molecule has 0 spiro atoms. The second kappa shape index (κ2) is 8.29. The number of carbonyl (C=O) groups excluding carboxylic acids is 1. The van der Waals surface area contributed by atoms with Crippen LogP contribution in [0, 0.1) is 12.8 Å². The highest BCUT2D eigenvalue weighted by atomic mass is 32.2. The largest absolute Gasteiger partial charge is 0.379 e. The van der Waals surface area contributed by atoms with Crippen LogP contribution in [0.5, 0.6) is 0 Å². The molecule has 0 radical (unpaired) electrons. The molecule has 2 unspecified atom stereocenters. The third kappa shape index (κ3) is 4.51. The topological polar surface area (TPSA) is 114 Å². The van der Waals surface area contributed by atoms with E-state index in [1.807, 2.05) is 6.07 Å². The Morgan fingerprint density at radius 3 is 2.75 bits per heavy atom. The van der Waals surface area contributed by atoms with Gasteiger partial charge in [0.25, 0.3) is 5.91 Å². The summed E-state index contributed by atoms with van der Waals surface area (Å²) in [7, 11) is -0.409. The summed E-state index contributed by atoms with van der Waals surface area (Å²) in [5.41, 5.74) is 1.63. The van der Waals surface area contributed by atoms with Gasteiger partial charge in [0, 0.05) is 44.2 Å².